The van der Waals surface area contributed by atoms with Crippen LogP contribution in [0.25, 0.3) is 0 Å². The fourth-order valence-electron chi connectivity index (χ4n) is 4.13. The molecule has 0 aromatic rings. The topological polar surface area (TPSA) is 0 Å². The van der Waals surface area contributed by atoms with Crippen LogP contribution in [0.4, 0.5) is 0 Å². The summed E-state index contributed by atoms with van der Waals surface area (Å²) in [4.78, 5) is 0. The van der Waals surface area contributed by atoms with Gasteiger partial charge in [0, 0.05) is 0 Å². The molecule has 0 heteroatoms. The number of unbranched alkanes of at least 4 members (excludes halogenated alkanes) is 15. The van der Waals surface area contributed by atoms with Crippen LogP contribution in [0.5, 0.6) is 0 Å². The Hall–Kier alpha value is -0.260. The normalized spacial score (nSPS) is 12.2. The summed E-state index contributed by atoms with van der Waals surface area (Å²) in [5.41, 5.74) is 1.79. The van der Waals surface area contributed by atoms with Gasteiger partial charge >= 0.3 is 0 Å². The van der Waals surface area contributed by atoms with Crippen LogP contribution in [0.15, 0.2) is 11.6 Å². The van der Waals surface area contributed by atoms with Crippen molar-refractivity contribution in [1.29, 1.82) is 0 Å². The van der Waals surface area contributed by atoms with E-state index in [4.69, 9.17) is 0 Å². The minimum atomic E-state index is 0.868. The number of hydrogen-bond acceptors (Lipinski definition) is 0. The molecule has 0 nitrogen and oxygen atoms in total. The van der Waals surface area contributed by atoms with E-state index in [-0.39, 0.29) is 0 Å². The zero-order chi connectivity index (χ0) is 20.7. The van der Waals surface area contributed by atoms with E-state index in [0.29, 0.717) is 0 Å². The van der Waals surface area contributed by atoms with Crippen molar-refractivity contribution in [3.8, 4) is 0 Å². The molecule has 0 fully saturated rings. The lowest BCUT2D eigenvalue weighted by Gasteiger charge is -2.10. The third kappa shape index (κ3) is 22.0. The van der Waals surface area contributed by atoms with Crippen molar-refractivity contribution < 1.29 is 0 Å². The highest BCUT2D eigenvalue weighted by Gasteiger charge is 2.01. The van der Waals surface area contributed by atoms with Crippen LogP contribution in [-0.4, -0.2) is 0 Å². The molecule has 0 rings (SSSR count). The minimum Gasteiger partial charge on any atom is -0.0853 e. The summed E-state index contributed by atoms with van der Waals surface area (Å²) in [7, 11) is 0. The highest BCUT2D eigenvalue weighted by molar-refractivity contribution is 5.02. The number of hydrogen-bond donors (Lipinski definition) is 0. The average Bonchev–Trinajstić information content (AvgIpc) is 2.68. The molecule has 0 spiro atoms. The Balaban J connectivity index is 3.92. The van der Waals surface area contributed by atoms with Crippen molar-refractivity contribution in [3.05, 3.63) is 11.6 Å². The number of rotatable bonds is 22. The lowest BCUT2D eigenvalue weighted by molar-refractivity contribution is 0.530. The predicted octanol–water partition coefficient (Wildman–Crippen LogP) is 10.8. The van der Waals surface area contributed by atoms with E-state index in [1.54, 1.807) is 5.57 Å². The van der Waals surface area contributed by atoms with E-state index in [1.165, 1.54) is 135 Å². The molecule has 0 saturated carbocycles. The molecule has 0 aliphatic rings. The maximum Gasteiger partial charge on any atom is -0.0320 e. The van der Waals surface area contributed by atoms with Crippen molar-refractivity contribution in [2.45, 2.75) is 163 Å². The van der Waals surface area contributed by atoms with Crippen LogP contribution in [0.3, 0.4) is 0 Å². The Labute approximate surface area is 180 Å². The van der Waals surface area contributed by atoms with E-state index in [9.17, 15) is 0 Å². The van der Waals surface area contributed by atoms with E-state index in [0.717, 1.165) is 5.92 Å². The molecule has 0 bridgehead atoms. The van der Waals surface area contributed by atoms with Gasteiger partial charge in [-0.1, -0.05) is 136 Å². The van der Waals surface area contributed by atoms with E-state index >= 15 is 0 Å². The van der Waals surface area contributed by atoms with Gasteiger partial charge in [0.25, 0.3) is 0 Å². The van der Waals surface area contributed by atoms with Crippen molar-refractivity contribution in [2.75, 3.05) is 0 Å². The molecule has 0 saturated heterocycles. The molecule has 0 aromatic heterocycles. The Morgan fingerprint density at radius 3 is 1.46 bits per heavy atom. The quantitative estimate of drug-likeness (QED) is 0.127. The molecule has 0 heterocycles. The average molecular weight is 393 g/mol. The van der Waals surface area contributed by atoms with Crippen LogP contribution >= 0.6 is 0 Å². The zero-order valence-electron chi connectivity index (χ0n) is 20.5. The monoisotopic (exact) mass is 392 g/mol. The van der Waals surface area contributed by atoms with Gasteiger partial charge in [-0.25, -0.2) is 0 Å². The largest absolute Gasteiger partial charge is 0.0853 e. The van der Waals surface area contributed by atoms with Gasteiger partial charge in [0.05, 0.1) is 0 Å². The fourth-order valence-corrected chi connectivity index (χ4v) is 4.13. The van der Waals surface area contributed by atoms with Gasteiger partial charge in [-0.15, -0.1) is 0 Å². The first kappa shape index (κ1) is 27.7. The molecule has 28 heavy (non-hydrogen) atoms. The van der Waals surface area contributed by atoms with Crippen LogP contribution in [0.1, 0.15) is 163 Å². The lowest BCUT2D eigenvalue weighted by Crippen LogP contribution is -1.91. The molecule has 0 aliphatic carbocycles. The third-order valence-electron chi connectivity index (χ3n) is 6.12. The van der Waals surface area contributed by atoms with Crippen molar-refractivity contribution >= 4 is 0 Å². The third-order valence-corrected chi connectivity index (χ3v) is 6.12. The first-order chi connectivity index (χ1) is 13.7. The van der Waals surface area contributed by atoms with Gasteiger partial charge in [-0.05, 0) is 44.4 Å². The molecule has 0 aromatic carbocycles. The maximum absolute atomic E-state index is 2.64. The van der Waals surface area contributed by atoms with Crippen LogP contribution in [0.2, 0.25) is 0 Å². The number of allylic oxidation sites excluding steroid dienone is 2. The van der Waals surface area contributed by atoms with Gasteiger partial charge in [-0.3, -0.25) is 0 Å². The summed E-state index contributed by atoms with van der Waals surface area (Å²) >= 11 is 0. The Morgan fingerprint density at radius 2 is 0.964 bits per heavy atom. The molecular formula is C28H56. The van der Waals surface area contributed by atoms with Gasteiger partial charge in [0.2, 0.25) is 0 Å². The van der Waals surface area contributed by atoms with Gasteiger partial charge < -0.3 is 0 Å². The summed E-state index contributed by atoms with van der Waals surface area (Å²) in [6.07, 6.45) is 32.5. The highest BCUT2D eigenvalue weighted by atomic mass is 14.1. The van der Waals surface area contributed by atoms with E-state index in [2.05, 4.69) is 33.8 Å². The molecule has 0 atom stereocenters. The van der Waals surface area contributed by atoms with Crippen LogP contribution in [-0.2, 0) is 0 Å². The SMILES string of the molecule is CCCCCCCCC/C=C(/CCCCCCCCCC)CCCCC(C)C. The van der Waals surface area contributed by atoms with E-state index < -0.39 is 0 Å². The molecule has 0 amide bonds. The summed E-state index contributed by atoms with van der Waals surface area (Å²) < 4.78 is 0. The van der Waals surface area contributed by atoms with Gasteiger partial charge in [-0.2, -0.15) is 0 Å². The summed E-state index contributed by atoms with van der Waals surface area (Å²) in [5.74, 6) is 0.868. The van der Waals surface area contributed by atoms with Crippen LogP contribution < -0.4 is 0 Å². The molecule has 168 valence electrons. The molecule has 0 N–H and O–H groups in total. The molecule has 0 aliphatic heterocycles. The van der Waals surface area contributed by atoms with Crippen molar-refractivity contribution in [3.63, 3.8) is 0 Å². The first-order valence-corrected chi connectivity index (χ1v) is 13.4. The summed E-state index contributed by atoms with van der Waals surface area (Å²) in [5, 5.41) is 0. The first-order valence-electron chi connectivity index (χ1n) is 13.4. The smallest absolute Gasteiger partial charge is 0.0320 e. The second-order valence-electron chi connectivity index (χ2n) is 9.64. The highest BCUT2D eigenvalue weighted by Crippen LogP contribution is 2.20. The Morgan fingerprint density at radius 1 is 0.536 bits per heavy atom. The molecule has 0 radical (unpaired) electrons. The fraction of sp³-hybridized carbons (Fsp3) is 0.929. The second-order valence-corrected chi connectivity index (χ2v) is 9.64. The van der Waals surface area contributed by atoms with Gasteiger partial charge in [0.15, 0.2) is 0 Å². The lowest BCUT2D eigenvalue weighted by atomic mass is 9.97. The summed E-state index contributed by atoms with van der Waals surface area (Å²) in [6, 6.07) is 0. The zero-order valence-corrected chi connectivity index (χ0v) is 20.5. The summed E-state index contributed by atoms with van der Waals surface area (Å²) in [6.45, 7) is 9.33. The van der Waals surface area contributed by atoms with Crippen molar-refractivity contribution in [1.82, 2.24) is 0 Å². The van der Waals surface area contributed by atoms with Gasteiger partial charge in [0.1, 0.15) is 0 Å². The second kappa shape index (κ2) is 23.0. The standard InChI is InChI=1S/C28H56/c1-5-7-9-11-13-15-17-19-24-28(26-22-21-23-27(3)4)25-20-18-16-14-12-10-8-6-2/h24,27H,5-23,25-26H2,1-4H3/b28-24-. The van der Waals surface area contributed by atoms with Crippen molar-refractivity contribution in [2.24, 2.45) is 5.92 Å². The maximum atomic E-state index is 2.64. The Bertz CT molecular complexity index is 312. The Kier molecular flexibility index (Phi) is 22.8. The van der Waals surface area contributed by atoms with Crippen LogP contribution in [0, 0.1) is 5.92 Å². The molecule has 0 unspecified atom stereocenters. The van der Waals surface area contributed by atoms with E-state index in [1.807, 2.05) is 0 Å². The minimum absolute atomic E-state index is 0.868. The molecular weight excluding hydrogens is 336 g/mol. The predicted molar refractivity (Wildman–Crippen MR) is 131 cm³/mol.